The number of benzene rings is 1. The van der Waals surface area contributed by atoms with Crippen LogP contribution in [0.3, 0.4) is 0 Å². The van der Waals surface area contributed by atoms with Crippen molar-refractivity contribution in [3.8, 4) is 5.75 Å². The van der Waals surface area contributed by atoms with E-state index in [0.717, 1.165) is 0 Å². The molecule has 0 radical (unpaired) electrons. The first-order chi connectivity index (χ1) is 11.8. The van der Waals surface area contributed by atoms with E-state index in [0.29, 0.717) is 23.7 Å². The van der Waals surface area contributed by atoms with Crippen LogP contribution in [0.1, 0.15) is 6.42 Å². The molecule has 0 aliphatic carbocycles. The number of halogens is 3. The number of rotatable bonds is 7. The van der Waals surface area contributed by atoms with Crippen LogP contribution in [-0.2, 0) is 9.59 Å². The second-order valence-electron chi connectivity index (χ2n) is 5.37. The lowest BCUT2D eigenvalue weighted by molar-refractivity contribution is -0.157. The maximum absolute atomic E-state index is 12.4. The van der Waals surface area contributed by atoms with Crippen LogP contribution in [-0.4, -0.2) is 54.2 Å². The summed E-state index contributed by atoms with van der Waals surface area (Å²) in [5, 5.41) is 12.0. The Labute approximate surface area is 141 Å². The first kappa shape index (κ1) is 18.6. The highest BCUT2D eigenvalue weighted by Crippen LogP contribution is 2.23. The first-order valence-electron chi connectivity index (χ1n) is 7.52. The minimum Gasteiger partial charge on any atom is -0.503 e. The number of alkyl halides is 3. The number of hydrogen-bond donors (Lipinski definition) is 2. The number of aliphatic hydroxyl groups is 1. The molecule has 1 aromatic carbocycles. The highest BCUT2D eigenvalue weighted by atomic mass is 19.4. The summed E-state index contributed by atoms with van der Waals surface area (Å²) in [6.07, 6.45) is -4.15. The molecule has 0 aromatic heterocycles. The van der Waals surface area contributed by atoms with Crippen molar-refractivity contribution in [2.75, 3.05) is 26.2 Å². The van der Waals surface area contributed by atoms with Crippen molar-refractivity contribution in [1.29, 1.82) is 0 Å². The predicted molar refractivity (Wildman–Crippen MR) is 81.9 cm³/mol. The molecule has 0 saturated carbocycles. The molecular weight excluding hydrogens is 341 g/mol. The molecule has 2 amide bonds. The molecular formula is C16H17F3N2O4. The van der Waals surface area contributed by atoms with Crippen LogP contribution in [0.25, 0.3) is 0 Å². The number of carbonyl (C=O) groups excluding carboxylic acids is 2. The zero-order valence-electron chi connectivity index (χ0n) is 13.2. The van der Waals surface area contributed by atoms with Crippen molar-refractivity contribution in [3.05, 3.63) is 41.7 Å². The Hall–Kier alpha value is -2.71. The molecule has 0 unspecified atom stereocenters. The van der Waals surface area contributed by atoms with Crippen LogP contribution in [0.4, 0.5) is 13.2 Å². The van der Waals surface area contributed by atoms with Gasteiger partial charge in [-0.15, -0.1) is 0 Å². The van der Waals surface area contributed by atoms with Crippen molar-refractivity contribution in [3.63, 3.8) is 0 Å². The molecule has 0 saturated heterocycles. The number of para-hydroxylation sites is 1. The number of nitrogens with zero attached hydrogens (tertiary/aromatic N) is 1. The molecule has 136 valence electrons. The standard InChI is InChI=1S/C16H17F3N2O4/c17-16(18,19)10-21-9-12(13(22)15(21)24)14(23)20-7-4-8-25-11-5-2-1-3-6-11/h1-3,5-6,22H,4,7-10H2,(H,20,23). The minimum atomic E-state index is -4.60. The molecule has 0 atom stereocenters. The zero-order valence-corrected chi connectivity index (χ0v) is 13.2. The van der Waals surface area contributed by atoms with Crippen LogP contribution in [0.2, 0.25) is 0 Å². The van der Waals surface area contributed by atoms with Gasteiger partial charge in [0.2, 0.25) is 0 Å². The van der Waals surface area contributed by atoms with E-state index in [4.69, 9.17) is 4.74 Å². The summed E-state index contributed by atoms with van der Waals surface area (Å²) in [5.74, 6) is -2.23. The van der Waals surface area contributed by atoms with Gasteiger partial charge in [0.1, 0.15) is 12.3 Å². The largest absolute Gasteiger partial charge is 0.503 e. The summed E-state index contributed by atoms with van der Waals surface area (Å²) < 4.78 is 42.5. The predicted octanol–water partition coefficient (Wildman–Crippen LogP) is 1.79. The van der Waals surface area contributed by atoms with Crippen LogP contribution >= 0.6 is 0 Å². The molecule has 9 heteroatoms. The number of hydrogen-bond acceptors (Lipinski definition) is 4. The molecule has 2 rings (SSSR count). The molecule has 1 aliphatic rings. The van der Waals surface area contributed by atoms with Gasteiger partial charge in [-0.3, -0.25) is 9.59 Å². The van der Waals surface area contributed by atoms with Gasteiger partial charge in [0.15, 0.2) is 5.76 Å². The third-order valence-corrected chi connectivity index (χ3v) is 3.39. The monoisotopic (exact) mass is 358 g/mol. The fraction of sp³-hybridized carbons (Fsp3) is 0.375. The summed E-state index contributed by atoms with van der Waals surface area (Å²) in [6, 6.07) is 9.03. The number of ether oxygens (including phenoxy) is 1. The van der Waals surface area contributed by atoms with E-state index in [-0.39, 0.29) is 12.1 Å². The Bertz CT molecular complexity index is 659. The van der Waals surface area contributed by atoms with E-state index in [9.17, 15) is 27.9 Å². The van der Waals surface area contributed by atoms with E-state index in [1.54, 1.807) is 12.1 Å². The average molecular weight is 358 g/mol. The van der Waals surface area contributed by atoms with Crippen molar-refractivity contribution in [2.24, 2.45) is 0 Å². The Balaban J connectivity index is 1.76. The number of carbonyl (C=O) groups is 2. The van der Waals surface area contributed by atoms with E-state index in [1.165, 1.54) is 0 Å². The van der Waals surface area contributed by atoms with Crippen LogP contribution in [0.15, 0.2) is 41.7 Å². The van der Waals surface area contributed by atoms with Crippen molar-refractivity contribution in [2.45, 2.75) is 12.6 Å². The summed E-state index contributed by atoms with van der Waals surface area (Å²) in [6.45, 7) is -1.57. The average Bonchev–Trinajstić information content (AvgIpc) is 2.82. The van der Waals surface area contributed by atoms with Crippen LogP contribution < -0.4 is 10.1 Å². The highest BCUT2D eigenvalue weighted by Gasteiger charge is 2.40. The number of aliphatic hydroxyl groups excluding tert-OH is 1. The molecule has 1 aliphatic heterocycles. The Morgan fingerprint density at radius 3 is 2.60 bits per heavy atom. The minimum absolute atomic E-state index is 0.190. The normalized spacial score (nSPS) is 14.8. The zero-order chi connectivity index (χ0) is 18.4. The fourth-order valence-corrected chi connectivity index (χ4v) is 2.23. The highest BCUT2D eigenvalue weighted by molar-refractivity contribution is 6.06. The van der Waals surface area contributed by atoms with Crippen molar-refractivity contribution >= 4 is 11.8 Å². The quantitative estimate of drug-likeness (QED) is 0.729. The number of amides is 2. The van der Waals surface area contributed by atoms with Gasteiger partial charge in [-0.1, -0.05) is 18.2 Å². The molecule has 1 heterocycles. The van der Waals surface area contributed by atoms with Gasteiger partial charge >= 0.3 is 6.18 Å². The summed E-state index contributed by atoms with van der Waals surface area (Å²) in [5.41, 5.74) is -0.363. The van der Waals surface area contributed by atoms with Gasteiger partial charge in [-0.05, 0) is 18.6 Å². The van der Waals surface area contributed by atoms with E-state index in [2.05, 4.69) is 5.32 Å². The molecule has 0 spiro atoms. The van der Waals surface area contributed by atoms with Gasteiger partial charge in [0, 0.05) is 6.54 Å². The van der Waals surface area contributed by atoms with Gasteiger partial charge in [0.05, 0.1) is 18.7 Å². The molecule has 25 heavy (non-hydrogen) atoms. The fourth-order valence-electron chi connectivity index (χ4n) is 2.23. The molecule has 2 N–H and O–H groups in total. The lowest BCUT2D eigenvalue weighted by atomic mass is 10.2. The van der Waals surface area contributed by atoms with Gasteiger partial charge in [0.25, 0.3) is 11.8 Å². The first-order valence-corrected chi connectivity index (χ1v) is 7.52. The summed E-state index contributed by atoms with van der Waals surface area (Å²) >= 11 is 0. The number of nitrogens with one attached hydrogen (secondary N) is 1. The van der Waals surface area contributed by atoms with Gasteiger partial charge < -0.3 is 20.1 Å². The van der Waals surface area contributed by atoms with Crippen LogP contribution in [0.5, 0.6) is 5.75 Å². The second-order valence-corrected chi connectivity index (χ2v) is 5.37. The van der Waals surface area contributed by atoms with E-state index in [1.807, 2.05) is 18.2 Å². The van der Waals surface area contributed by atoms with Gasteiger partial charge in [-0.25, -0.2) is 0 Å². The van der Waals surface area contributed by atoms with E-state index < -0.39 is 36.8 Å². The third-order valence-electron chi connectivity index (χ3n) is 3.39. The molecule has 0 fully saturated rings. The SMILES string of the molecule is O=C(NCCCOc1ccccc1)C1=C(O)C(=O)N(CC(F)(F)F)C1. The van der Waals surface area contributed by atoms with Crippen molar-refractivity contribution in [1.82, 2.24) is 10.2 Å². The summed E-state index contributed by atoms with van der Waals surface area (Å²) in [7, 11) is 0. The van der Waals surface area contributed by atoms with Crippen LogP contribution in [0, 0.1) is 0 Å². The lowest BCUT2D eigenvalue weighted by Crippen LogP contribution is -2.37. The Morgan fingerprint density at radius 1 is 1.28 bits per heavy atom. The lowest BCUT2D eigenvalue weighted by Gasteiger charge is -2.17. The molecule has 1 aromatic rings. The second kappa shape index (κ2) is 7.91. The topological polar surface area (TPSA) is 78.9 Å². The molecule has 0 bridgehead atoms. The molecule has 6 nitrogen and oxygen atoms in total. The third kappa shape index (κ3) is 5.40. The maximum Gasteiger partial charge on any atom is 0.406 e. The van der Waals surface area contributed by atoms with Crippen molar-refractivity contribution < 1.29 is 32.6 Å². The van der Waals surface area contributed by atoms with E-state index >= 15 is 0 Å². The Kier molecular flexibility index (Phi) is 5.89. The maximum atomic E-state index is 12.4. The Morgan fingerprint density at radius 2 is 1.96 bits per heavy atom. The smallest absolute Gasteiger partial charge is 0.406 e. The van der Waals surface area contributed by atoms with Gasteiger partial charge in [-0.2, -0.15) is 13.2 Å². The summed E-state index contributed by atoms with van der Waals surface area (Å²) in [4.78, 5) is 23.8.